The van der Waals surface area contributed by atoms with E-state index in [0.717, 1.165) is 18.5 Å². The van der Waals surface area contributed by atoms with Crippen LogP contribution in [0.3, 0.4) is 0 Å². The summed E-state index contributed by atoms with van der Waals surface area (Å²) >= 11 is 1.51. The van der Waals surface area contributed by atoms with Crippen molar-refractivity contribution in [2.45, 2.75) is 19.4 Å². The van der Waals surface area contributed by atoms with Crippen LogP contribution in [0.4, 0.5) is 0 Å². The maximum Gasteiger partial charge on any atom is 0.320 e. The van der Waals surface area contributed by atoms with Gasteiger partial charge in [-0.05, 0) is 24.8 Å². The number of aliphatic carboxylic acids is 1. The topological polar surface area (TPSA) is 60.9 Å². The third kappa shape index (κ3) is 3.33. The first kappa shape index (κ1) is 14.0. The predicted octanol–water partition coefficient (Wildman–Crippen LogP) is 1.37. The molecule has 1 aromatic rings. The molecule has 1 aliphatic rings. The fourth-order valence-corrected chi connectivity index (χ4v) is 2.88. The molecule has 6 heteroatoms. The van der Waals surface area contributed by atoms with Crippen molar-refractivity contribution in [3.8, 4) is 0 Å². The summed E-state index contributed by atoms with van der Waals surface area (Å²) in [6, 6.07) is 1.34. The fraction of sp³-hybridized carbons (Fsp3) is 0.538. The third-order valence-corrected chi connectivity index (χ3v) is 4.17. The fourth-order valence-electron chi connectivity index (χ4n) is 2.25. The van der Waals surface area contributed by atoms with E-state index >= 15 is 0 Å². The highest BCUT2D eigenvalue weighted by Gasteiger charge is 2.25. The molecule has 0 radical (unpaired) electrons. The second-order valence-corrected chi connectivity index (χ2v) is 5.49. The number of nitrogens with zero attached hydrogens (tertiary/aromatic N) is 2. The Kier molecular flexibility index (Phi) is 4.55. The lowest BCUT2D eigenvalue weighted by Gasteiger charge is -2.24. The summed E-state index contributed by atoms with van der Waals surface area (Å²) in [5.41, 5.74) is 0.727. The Morgan fingerprint density at radius 1 is 1.32 bits per heavy atom. The molecule has 19 heavy (non-hydrogen) atoms. The van der Waals surface area contributed by atoms with Gasteiger partial charge in [-0.15, -0.1) is 0 Å². The van der Waals surface area contributed by atoms with Gasteiger partial charge in [0.1, 0.15) is 6.04 Å². The number of thiophene rings is 1. The van der Waals surface area contributed by atoms with Crippen LogP contribution in [-0.2, 0) is 4.79 Å². The number of carbonyl (C=O) groups excluding carboxylic acids is 1. The van der Waals surface area contributed by atoms with E-state index in [1.165, 1.54) is 11.3 Å². The van der Waals surface area contributed by atoms with E-state index in [0.29, 0.717) is 19.6 Å². The van der Waals surface area contributed by atoms with E-state index in [2.05, 4.69) is 0 Å². The van der Waals surface area contributed by atoms with Crippen molar-refractivity contribution in [2.24, 2.45) is 0 Å². The van der Waals surface area contributed by atoms with Gasteiger partial charge in [0.25, 0.3) is 5.91 Å². The molecular formula is C13H18N2O3S. The van der Waals surface area contributed by atoms with Gasteiger partial charge in [0, 0.05) is 31.6 Å². The first-order valence-corrected chi connectivity index (χ1v) is 7.32. The van der Waals surface area contributed by atoms with Crippen molar-refractivity contribution in [1.82, 2.24) is 9.80 Å². The van der Waals surface area contributed by atoms with Gasteiger partial charge in [-0.25, -0.2) is 0 Å². The molecule has 1 aliphatic heterocycles. The molecule has 0 bridgehead atoms. The molecule has 1 unspecified atom stereocenters. The number of hydrogen-bond acceptors (Lipinski definition) is 4. The lowest BCUT2D eigenvalue weighted by molar-refractivity contribution is -0.142. The number of carboxylic acid groups (broad SMARTS) is 1. The zero-order chi connectivity index (χ0) is 13.8. The van der Waals surface area contributed by atoms with E-state index in [9.17, 15) is 9.59 Å². The minimum Gasteiger partial charge on any atom is -0.480 e. The first-order chi connectivity index (χ1) is 9.09. The molecule has 2 heterocycles. The summed E-state index contributed by atoms with van der Waals surface area (Å²) in [5.74, 6) is -0.760. The average Bonchev–Trinajstić information content (AvgIpc) is 2.81. The number of rotatable bonds is 3. The van der Waals surface area contributed by atoms with Crippen LogP contribution in [0.5, 0.6) is 0 Å². The van der Waals surface area contributed by atoms with Crippen LogP contribution in [0.15, 0.2) is 16.8 Å². The standard InChI is InChI=1S/C13H18N2O3S/c1-10(13(17)18)14-4-2-5-15(7-6-14)12(16)11-3-8-19-9-11/h3,8-10H,2,4-7H2,1H3,(H,17,18). The summed E-state index contributed by atoms with van der Waals surface area (Å²) in [7, 11) is 0. The van der Waals surface area contributed by atoms with E-state index in [1.807, 2.05) is 26.6 Å². The van der Waals surface area contributed by atoms with Crippen molar-refractivity contribution in [3.05, 3.63) is 22.4 Å². The Bertz CT molecular complexity index is 447. The predicted molar refractivity (Wildman–Crippen MR) is 73.5 cm³/mol. The summed E-state index contributed by atoms with van der Waals surface area (Å²) in [4.78, 5) is 26.9. The van der Waals surface area contributed by atoms with Gasteiger partial charge in [-0.2, -0.15) is 11.3 Å². The maximum atomic E-state index is 12.2. The number of hydrogen-bond donors (Lipinski definition) is 1. The van der Waals surface area contributed by atoms with Crippen molar-refractivity contribution in [2.75, 3.05) is 26.2 Å². The monoisotopic (exact) mass is 282 g/mol. The molecular weight excluding hydrogens is 264 g/mol. The third-order valence-electron chi connectivity index (χ3n) is 3.49. The normalized spacial score (nSPS) is 18.9. The quantitative estimate of drug-likeness (QED) is 0.909. The number of carbonyl (C=O) groups is 2. The molecule has 0 aromatic carbocycles. The second kappa shape index (κ2) is 6.16. The molecule has 1 fully saturated rings. The summed E-state index contributed by atoms with van der Waals surface area (Å²) in [6.45, 7) is 4.31. The highest BCUT2D eigenvalue weighted by Crippen LogP contribution is 2.13. The molecule has 0 spiro atoms. The van der Waals surface area contributed by atoms with E-state index in [-0.39, 0.29) is 5.91 Å². The molecule has 5 nitrogen and oxygen atoms in total. The second-order valence-electron chi connectivity index (χ2n) is 4.71. The van der Waals surface area contributed by atoms with Gasteiger partial charge in [0.2, 0.25) is 0 Å². The van der Waals surface area contributed by atoms with Gasteiger partial charge in [-0.3, -0.25) is 14.5 Å². The lowest BCUT2D eigenvalue weighted by Crippen LogP contribution is -2.41. The van der Waals surface area contributed by atoms with Crippen LogP contribution < -0.4 is 0 Å². The van der Waals surface area contributed by atoms with Crippen LogP contribution in [-0.4, -0.2) is 59.0 Å². The van der Waals surface area contributed by atoms with Crippen LogP contribution in [0, 0.1) is 0 Å². The maximum absolute atomic E-state index is 12.2. The molecule has 1 aromatic heterocycles. The lowest BCUT2D eigenvalue weighted by atomic mass is 10.2. The molecule has 1 saturated heterocycles. The molecule has 0 saturated carbocycles. The van der Waals surface area contributed by atoms with E-state index in [1.54, 1.807) is 6.92 Å². The SMILES string of the molecule is CC(C(=O)O)N1CCCN(C(=O)c2ccsc2)CC1. The van der Waals surface area contributed by atoms with Gasteiger partial charge in [0.15, 0.2) is 0 Å². The minimum atomic E-state index is -0.808. The number of carboxylic acids is 1. The van der Waals surface area contributed by atoms with Crippen LogP contribution >= 0.6 is 11.3 Å². The summed E-state index contributed by atoms with van der Waals surface area (Å²) in [6.07, 6.45) is 0.813. The zero-order valence-corrected chi connectivity index (χ0v) is 11.7. The Balaban J connectivity index is 1.97. The Hall–Kier alpha value is -1.40. The van der Waals surface area contributed by atoms with Crippen molar-refractivity contribution in [1.29, 1.82) is 0 Å². The van der Waals surface area contributed by atoms with Gasteiger partial charge in [-0.1, -0.05) is 0 Å². The minimum absolute atomic E-state index is 0.0473. The van der Waals surface area contributed by atoms with Crippen molar-refractivity contribution in [3.63, 3.8) is 0 Å². The summed E-state index contributed by atoms with van der Waals surface area (Å²) < 4.78 is 0. The van der Waals surface area contributed by atoms with Gasteiger partial charge >= 0.3 is 5.97 Å². The van der Waals surface area contributed by atoms with Crippen LogP contribution in [0.2, 0.25) is 0 Å². The van der Waals surface area contributed by atoms with Crippen LogP contribution in [0.25, 0.3) is 0 Å². The molecule has 0 aliphatic carbocycles. The smallest absolute Gasteiger partial charge is 0.320 e. The Morgan fingerprint density at radius 3 is 2.74 bits per heavy atom. The Labute approximate surface area is 116 Å². The van der Waals surface area contributed by atoms with E-state index in [4.69, 9.17) is 5.11 Å². The summed E-state index contributed by atoms with van der Waals surface area (Å²) in [5, 5.41) is 12.8. The zero-order valence-electron chi connectivity index (χ0n) is 10.9. The molecule has 104 valence electrons. The largest absolute Gasteiger partial charge is 0.480 e. The molecule has 1 atom stereocenters. The molecule has 2 rings (SSSR count). The molecule has 1 N–H and O–H groups in total. The van der Waals surface area contributed by atoms with Gasteiger partial charge < -0.3 is 10.0 Å². The highest BCUT2D eigenvalue weighted by molar-refractivity contribution is 7.08. The highest BCUT2D eigenvalue weighted by atomic mass is 32.1. The average molecular weight is 282 g/mol. The van der Waals surface area contributed by atoms with Gasteiger partial charge in [0.05, 0.1) is 5.56 Å². The first-order valence-electron chi connectivity index (χ1n) is 6.38. The van der Waals surface area contributed by atoms with Crippen LogP contribution in [0.1, 0.15) is 23.7 Å². The Morgan fingerprint density at radius 2 is 2.11 bits per heavy atom. The van der Waals surface area contributed by atoms with Crippen molar-refractivity contribution < 1.29 is 14.7 Å². The number of amides is 1. The molecule has 1 amide bonds. The van der Waals surface area contributed by atoms with Crippen molar-refractivity contribution >= 4 is 23.2 Å². The van der Waals surface area contributed by atoms with E-state index < -0.39 is 12.0 Å².